The summed E-state index contributed by atoms with van der Waals surface area (Å²) in [6.07, 6.45) is 15.6. The van der Waals surface area contributed by atoms with Crippen LogP contribution >= 0.6 is 11.3 Å². The van der Waals surface area contributed by atoms with Gasteiger partial charge in [-0.25, -0.2) is 0 Å². The van der Waals surface area contributed by atoms with Gasteiger partial charge in [0.2, 0.25) is 0 Å². The molecule has 1 atom stereocenters. The Morgan fingerprint density at radius 3 is 1.62 bits per heavy atom. The maximum Gasteiger partial charge on any atom is 0.0537 e. The van der Waals surface area contributed by atoms with E-state index in [1.54, 1.807) is 11.3 Å². The second kappa shape index (κ2) is 17.7. The molecule has 1 unspecified atom stereocenters. The van der Waals surface area contributed by atoms with Gasteiger partial charge in [-0.1, -0.05) is 90.2 Å². The first-order chi connectivity index (χ1) is 10.3. The Hall–Kier alpha value is -0.340. The van der Waals surface area contributed by atoms with Crippen molar-refractivity contribution in [1.82, 2.24) is 0 Å². The fraction of sp³-hybridized carbons (Fsp3) is 0.789. The summed E-state index contributed by atoms with van der Waals surface area (Å²) < 4.78 is 0. The predicted molar refractivity (Wildman–Crippen MR) is 97.1 cm³/mol. The van der Waals surface area contributed by atoms with Crippen LogP contribution in [0.1, 0.15) is 90.9 Å². The summed E-state index contributed by atoms with van der Waals surface area (Å²) >= 11 is 1.71. The standard InChI is InChI=1S/C15H32O.C4H4S/c1-3-5-6-7-8-9-10-11-12-13-14-15(16)4-2;1-2-4-5-3-1/h15-16H,3-14H2,1-2H3;1-4H. The predicted octanol–water partition coefficient (Wildman–Crippen LogP) is 6.82. The molecule has 1 aromatic rings. The van der Waals surface area contributed by atoms with E-state index in [9.17, 15) is 5.11 Å². The molecule has 2 heteroatoms. The summed E-state index contributed by atoms with van der Waals surface area (Å²) in [4.78, 5) is 0. The molecule has 0 bridgehead atoms. The lowest BCUT2D eigenvalue weighted by Gasteiger charge is -2.06. The maximum atomic E-state index is 9.38. The Bertz CT molecular complexity index is 241. The number of hydrogen-bond acceptors (Lipinski definition) is 2. The third-order valence-corrected chi connectivity index (χ3v) is 4.42. The van der Waals surface area contributed by atoms with Crippen LogP contribution in [0, 0.1) is 0 Å². The molecule has 0 fully saturated rings. The minimum atomic E-state index is -0.0472. The molecule has 1 N–H and O–H groups in total. The zero-order valence-corrected chi connectivity index (χ0v) is 15.0. The van der Waals surface area contributed by atoms with Gasteiger partial charge >= 0.3 is 0 Å². The maximum absolute atomic E-state index is 9.38. The first-order valence-corrected chi connectivity index (χ1v) is 9.90. The SMILES string of the molecule is CCCCCCCCCCCCC(O)CC.c1ccsc1. The van der Waals surface area contributed by atoms with Crippen molar-refractivity contribution in [3.8, 4) is 0 Å². The number of hydrogen-bond donors (Lipinski definition) is 1. The molecular formula is C19H36OS. The number of thiophene rings is 1. The molecule has 0 aliphatic heterocycles. The second-order valence-electron chi connectivity index (χ2n) is 5.83. The van der Waals surface area contributed by atoms with E-state index in [1.165, 1.54) is 64.2 Å². The molecule has 0 spiro atoms. The lowest BCUT2D eigenvalue weighted by Crippen LogP contribution is -2.03. The normalized spacial score (nSPS) is 11.8. The van der Waals surface area contributed by atoms with E-state index in [4.69, 9.17) is 0 Å². The molecule has 0 saturated carbocycles. The van der Waals surface area contributed by atoms with Gasteiger partial charge in [0.1, 0.15) is 0 Å². The molecule has 1 nitrogen and oxygen atoms in total. The zero-order valence-electron chi connectivity index (χ0n) is 14.2. The first-order valence-electron chi connectivity index (χ1n) is 8.96. The molecule has 1 aromatic heterocycles. The molecule has 0 radical (unpaired) electrons. The number of aliphatic hydroxyl groups is 1. The van der Waals surface area contributed by atoms with Crippen LogP contribution in [0.2, 0.25) is 0 Å². The van der Waals surface area contributed by atoms with Crippen molar-refractivity contribution in [2.45, 2.75) is 97.0 Å². The van der Waals surface area contributed by atoms with E-state index < -0.39 is 0 Å². The van der Waals surface area contributed by atoms with E-state index in [0.717, 1.165) is 12.8 Å². The molecule has 0 aliphatic carbocycles. The van der Waals surface area contributed by atoms with Gasteiger partial charge in [-0.2, -0.15) is 11.3 Å². The topological polar surface area (TPSA) is 20.2 Å². The molecule has 0 aliphatic rings. The third-order valence-electron chi connectivity index (χ3n) is 3.79. The van der Waals surface area contributed by atoms with Crippen LogP contribution in [0.4, 0.5) is 0 Å². The summed E-state index contributed by atoms with van der Waals surface area (Å²) in [5, 5.41) is 13.5. The van der Waals surface area contributed by atoms with Gasteiger partial charge in [0.15, 0.2) is 0 Å². The Kier molecular flexibility index (Phi) is 17.4. The van der Waals surface area contributed by atoms with Gasteiger partial charge in [-0.3, -0.25) is 0 Å². The van der Waals surface area contributed by atoms with Crippen LogP contribution < -0.4 is 0 Å². The van der Waals surface area contributed by atoms with E-state index in [2.05, 4.69) is 13.8 Å². The van der Waals surface area contributed by atoms with Crippen molar-refractivity contribution in [3.63, 3.8) is 0 Å². The molecule has 21 heavy (non-hydrogen) atoms. The average molecular weight is 313 g/mol. The number of aliphatic hydroxyl groups excluding tert-OH is 1. The highest BCUT2D eigenvalue weighted by atomic mass is 32.1. The van der Waals surface area contributed by atoms with Gasteiger partial charge in [-0.15, -0.1) is 0 Å². The smallest absolute Gasteiger partial charge is 0.0537 e. The van der Waals surface area contributed by atoms with Gasteiger partial charge in [-0.05, 0) is 23.6 Å². The van der Waals surface area contributed by atoms with Crippen LogP contribution in [0.5, 0.6) is 0 Å². The second-order valence-corrected chi connectivity index (χ2v) is 6.64. The molecule has 1 heterocycles. The van der Waals surface area contributed by atoms with Gasteiger partial charge in [0, 0.05) is 0 Å². The minimum Gasteiger partial charge on any atom is -0.393 e. The van der Waals surface area contributed by atoms with Crippen LogP contribution in [0.15, 0.2) is 22.9 Å². The van der Waals surface area contributed by atoms with Gasteiger partial charge in [0.05, 0.1) is 6.10 Å². The summed E-state index contributed by atoms with van der Waals surface area (Å²) in [5.74, 6) is 0. The largest absolute Gasteiger partial charge is 0.393 e. The van der Waals surface area contributed by atoms with E-state index in [0.29, 0.717) is 0 Å². The molecule has 1 rings (SSSR count). The highest BCUT2D eigenvalue weighted by Crippen LogP contribution is 2.12. The molecule has 0 amide bonds. The Labute approximate surface area is 136 Å². The zero-order chi connectivity index (χ0) is 15.6. The van der Waals surface area contributed by atoms with Crippen molar-refractivity contribution in [3.05, 3.63) is 22.9 Å². The Balaban J connectivity index is 0.000000662. The van der Waals surface area contributed by atoms with Crippen molar-refractivity contribution in [1.29, 1.82) is 0 Å². The molecule has 0 saturated heterocycles. The van der Waals surface area contributed by atoms with Crippen molar-refractivity contribution >= 4 is 11.3 Å². The minimum absolute atomic E-state index is 0.0472. The van der Waals surface area contributed by atoms with E-state index in [-0.39, 0.29) is 6.10 Å². The van der Waals surface area contributed by atoms with Crippen LogP contribution in [0.3, 0.4) is 0 Å². The highest BCUT2D eigenvalue weighted by molar-refractivity contribution is 7.07. The van der Waals surface area contributed by atoms with Crippen molar-refractivity contribution in [2.75, 3.05) is 0 Å². The lowest BCUT2D eigenvalue weighted by atomic mass is 10.0. The Morgan fingerprint density at radius 2 is 1.24 bits per heavy atom. The van der Waals surface area contributed by atoms with Crippen LogP contribution in [-0.4, -0.2) is 11.2 Å². The number of rotatable bonds is 12. The molecule has 124 valence electrons. The monoisotopic (exact) mass is 312 g/mol. The fourth-order valence-corrected chi connectivity index (χ4v) is 2.75. The summed E-state index contributed by atoms with van der Waals surface area (Å²) in [7, 11) is 0. The quantitative estimate of drug-likeness (QED) is 0.420. The lowest BCUT2D eigenvalue weighted by molar-refractivity contribution is 0.156. The first kappa shape index (κ1) is 20.7. The fourth-order valence-electron chi connectivity index (χ4n) is 2.30. The van der Waals surface area contributed by atoms with Crippen molar-refractivity contribution in [2.24, 2.45) is 0 Å². The van der Waals surface area contributed by atoms with Crippen LogP contribution in [-0.2, 0) is 0 Å². The van der Waals surface area contributed by atoms with Crippen molar-refractivity contribution < 1.29 is 5.11 Å². The molecule has 0 aromatic carbocycles. The van der Waals surface area contributed by atoms with Gasteiger partial charge < -0.3 is 5.11 Å². The molecular weight excluding hydrogens is 276 g/mol. The third kappa shape index (κ3) is 17.6. The Morgan fingerprint density at radius 1 is 0.762 bits per heavy atom. The van der Waals surface area contributed by atoms with E-state index in [1.807, 2.05) is 22.9 Å². The van der Waals surface area contributed by atoms with E-state index >= 15 is 0 Å². The summed E-state index contributed by atoms with van der Waals surface area (Å²) in [5.41, 5.74) is 0. The average Bonchev–Trinajstić information content (AvgIpc) is 3.08. The van der Waals surface area contributed by atoms with Crippen LogP contribution in [0.25, 0.3) is 0 Å². The summed E-state index contributed by atoms with van der Waals surface area (Å²) in [6.45, 7) is 4.33. The summed E-state index contributed by atoms with van der Waals surface area (Å²) in [6, 6.07) is 4.04. The highest BCUT2D eigenvalue weighted by Gasteiger charge is 1.99. The van der Waals surface area contributed by atoms with Gasteiger partial charge in [0.25, 0.3) is 0 Å². The number of unbranched alkanes of at least 4 members (excludes halogenated alkanes) is 9.